The van der Waals surface area contributed by atoms with Gasteiger partial charge < -0.3 is 5.32 Å². The molecule has 0 amide bonds. The van der Waals surface area contributed by atoms with E-state index in [0.29, 0.717) is 18.8 Å². The molecule has 0 saturated carbocycles. The van der Waals surface area contributed by atoms with Crippen LogP contribution in [0.4, 0.5) is 5.69 Å². The van der Waals surface area contributed by atoms with Crippen LogP contribution in [0.2, 0.25) is 0 Å². The lowest BCUT2D eigenvalue weighted by atomic mass is 10.1. The number of rotatable bonds is 7. The summed E-state index contributed by atoms with van der Waals surface area (Å²) in [5.74, 6) is 0. The van der Waals surface area contributed by atoms with Crippen LogP contribution in [0.25, 0.3) is 0 Å². The van der Waals surface area contributed by atoms with Crippen molar-refractivity contribution in [3.8, 4) is 0 Å². The molecule has 1 unspecified atom stereocenters. The van der Waals surface area contributed by atoms with Gasteiger partial charge in [-0.15, -0.1) is 0 Å². The van der Waals surface area contributed by atoms with Gasteiger partial charge in [0.1, 0.15) is 0 Å². The lowest BCUT2D eigenvalue weighted by Crippen LogP contribution is -2.50. The van der Waals surface area contributed by atoms with Crippen molar-refractivity contribution in [3.05, 3.63) is 12.4 Å². The van der Waals surface area contributed by atoms with Gasteiger partial charge >= 0.3 is 10.2 Å². The molecule has 2 heterocycles. The molecule has 1 aromatic rings. The summed E-state index contributed by atoms with van der Waals surface area (Å²) in [5, 5.41) is 9.66. The van der Waals surface area contributed by atoms with Crippen molar-refractivity contribution in [2.45, 2.75) is 38.6 Å². The minimum atomic E-state index is -3.51. The third-order valence-electron chi connectivity index (χ3n) is 3.43. The van der Waals surface area contributed by atoms with E-state index in [4.69, 9.17) is 0 Å². The molecule has 0 aliphatic carbocycles. The fourth-order valence-electron chi connectivity index (χ4n) is 2.45. The lowest BCUT2D eigenvalue weighted by Gasteiger charge is -2.34. The first-order valence-corrected chi connectivity index (χ1v) is 8.56. The number of H-pyrrole nitrogens is 1. The van der Waals surface area contributed by atoms with Crippen molar-refractivity contribution < 1.29 is 8.42 Å². The van der Waals surface area contributed by atoms with Gasteiger partial charge in [-0.3, -0.25) is 9.82 Å². The second-order valence-electron chi connectivity index (χ2n) is 5.06. The number of nitrogens with zero attached hydrogens (tertiary/aromatic N) is 2. The summed E-state index contributed by atoms with van der Waals surface area (Å²) in [6.07, 6.45) is 6.94. The van der Waals surface area contributed by atoms with Crippen molar-refractivity contribution in [3.63, 3.8) is 0 Å². The molecule has 1 aliphatic heterocycles. The molecule has 3 N–H and O–H groups in total. The van der Waals surface area contributed by atoms with Crippen LogP contribution in [-0.4, -0.2) is 48.6 Å². The van der Waals surface area contributed by atoms with E-state index in [0.717, 1.165) is 32.2 Å². The monoisotopic (exact) mass is 301 g/mol. The Balaban J connectivity index is 2.02. The molecule has 8 heteroatoms. The molecule has 1 aromatic heterocycles. The average Bonchev–Trinajstić information content (AvgIpc) is 2.91. The fourth-order valence-corrected chi connectivity index (χ4v) is 3.92. The Morgan fingerprint density at radius 1 is 1.50 bits per heavy atom. The van der Waals surface area contributed by atoms with E-state index in [1.54, 1.807) is 4.31 Å². The molecule has 0 aromatic carbocycles. The van der Waals surface area contributed by atoms with E-state index < -0.39 is 10.2 Å². The predicted octanol–water partition coefficient (Wildman–Crippen LogP) is 0.920. The summed E-state index contributed by atoms with van der Waals surface area (Å²) >= 11 is 0. The Morgan fingerprint density at radius 2 is 2.35 bits per heavy atom. The fraction of sp³-hybridized carbons (Fsp3) is 0.750. The maximum atomic E-state index is 12.4. The number of hydrogen-bond donors (Lipinski definition) is 3. The van der Waals surface area contributed by atoms with Crippen LogP contribution < -0.4 is 10.0 Å². The van der Waals surface area contributed by atoms with Crippen molar-refractivity contribution in [2.24, 2.45) is 0 Å². The van der Waals surface area contributed by atoms with Crippen molar-refractivity contribution in [2.75, 3.05) is 24.4 Å². The number of aromatic nitrogens is 2. The smallest absolute Gasteiger partial charge is 0.302 e. The van der Waals surface area contributed by atoms with Gasteiger partial charge in [0, 0.05) is 25.3 Å². The summed E-state index contributed by atoms with van der Waals surface area (Å²) < 4.78 is 29.0. The minimum absolute atomic E-state index is 0.0275. The molecular weight excluding hydrogens is 278 g/mol. The number of nitrogens with one attached hydrogen (secondary N) is 3. The quantitative estimate of drug-likeness (QED) is 0.653. The summed E-state index contributed by atoms with van der Waals surface area (Å²) in [5.41, 5.74) is 0.468. The molecule has 1 fully saturated rings. The first kappa shape index (κ1) is 15.3. The Kier molecular flexibility index (Phi) is 5.38. The molecule has 7 nitrogen and oxygen atoms in total. The van der Waals surface area contributed by atoms with Gasteiger partial charge in [0.05, 0.1) is 11.9 Å². The largest absolute Gasteiger partial charge is 0.315 e. The molecule has 114 valence electrons. The maximum Gasteiger partial charge on any atom is 0.302 e. The highest BCUT2D eigenvalue weighted by Gasteiger charge is 2.32. The van der Waals surface area contributed by atoms with E-state index in [-0.39, 0.29) is 6.04 Å². The van der Waals surface area contributed by atoms with E-state index in [1.807, 2.05) is 0 Å². The summed E-state index contributed by atoms with van der Waals surface area (Å²) in [6.45, 7) is 4.30. The third-order valence-corrected chi connectivity index (χ3v) is 5.03. The molecule has 1 atom stereocenters. The highest BCUT2D eigenvalue weighted by Crippen LogP contribution is 2.21. The van der Waals surface area contributed by atoms with Gasteiger partial charge in [-0.1, -0.05) is 13.3 Å². The second kappa shape index (κ2) is 7.05. The first-order valence-electron chi connectivity index (χ1n) is 7.12. The number of aromatic amines is 1. The van der Waals surface area contributed by atoms with Gasteiger partial charge in [-0.25, -0.2) is 0 Å². The highest BCUT2D eigenvalue weighted by molar-refractivity contribution is 7.90. The number of hydrogen-bond acceptors (Lipinski definition) is 4. The standard InChI is InChI=1S/C12H23N5O2S/c1-2-6-13-10-12-5-3-4-7-17(12)20(18,19)16-11-8-14-15-9-11/h8-9,12-13,16H,2-7,10H2,1H3,(H,14,15). The summed E-state index contributed by atoms with van der Waals surface area (Å²) in [7, 11) is -3.51. The van der Waals surface area contributed by atoms with Gasteiger partial charge in [-0.2, -0.15) is 17.8 Å². The van der Waals surface area contributed by atoms with Crippen molar-refractivity contribution in [1.82, 2.24) is 19.8 Å². The number of piperidine rings is 1. The maximum absolute atomic E-state index is 12.4. The normalized spacial score (nSPS) is 20.9. The van der Waals surface area contributed by atoms with Crippen molar-refractivity contribution >= 4 is 15.9 Å². The predicted molar refractivity (Wildman–Crippen MR) is 78.6 cm³/mol. The minimum Gasteiger partial charge on any atom is -0.315 e. The molecule has 2 rings (SSSR count). The van der Waals surface area contributed by atoms with Gasteiger partial charge in [0.15, 0.2) is 0 Å². The Hall–Kier alpha value is -1.12. The van der Waals surface area contributed by atoms with Gasteiger partial charge in [0.2, 0.25) is 0 Å². The van der Waals surface area contributed by atoms with Gasteiger partial charge in [0.25, 0.3) is 0 Å². The second-order valence-corrected chi connectivity index (χ2v) is 6.68. The zero-order valence-electron chi connectivity index (χ0n) is 11.8. The third kappa shape index (κ3) is 3.94. The molecule has 20 heavy (non-hydrogen) atoms. The van der Waals surface area contributed by atoms with Crippen LogP contribution in [0.1, 0.15) is 32.6 Å². The molecular formula is C12H23N5O2S. The Bertz CT molecular complexity index is 488. The molecule has 0 bridgehead atoms. The average molecular weight is 301 g/mol. The first-order chi connectivity index (χ1) is 9.63. The highest BCUT2D eigenvalue weighted by atomic mass is 32.2. The van der Waals surface area contributed by atoms with E-state index in [2.05, 4.69) is 27.2 Å². The topological polar surface area (TPSA) is 90.1 Å². The summed E-state index contributed by atoms with van der Waals surface area (Å²) in [4.78, 5) is 0. The van der Waals surface area contributed by atoms with Crippen LogP contribution >= 0.6 is 0 Å². The molecule has 1 aliphatic rings. The lowest BCUT2D eigenvalue weighted by molar-refractivity contribution is 0.247. The molecule has 0 radical (unpaired) electrons. The zero-order valence-corrected chi connectivity index (χ0v) is 12.6. The van der Waals surface area contributed by atoms with Crippen LogP contribution in [0, 0.1) is 0 Å². The van der Waals surface area contributed by atoms with E-state index in [9.17, 15) is 8.42 Å². The van der Waals surface area contributed by atoms with E-state index in [1.165, 1.54) is 12.4 Å². The van der Waals surface area contributed by atoms with Crippen LogP contribution in [-0.2, 0) is 10.2 Å². The molecule has 1 saturated heterocycles. The van der Waals surface area contributed by atoms with Gasteiger partial charge in [-0.05, 0) is 25.8 Å². The van der Waals surface area contributed by atoms with E-state index >= 15 is 0 Å². The Morgan fingerprint density at radius 3 is 3.05 bits per heavy atom. The number of anilines is 1. The summed E-state index contributed by atoms with van der Waals surface area (Å²) in [6, 6.07) is 0.0275. The van der Waals surface area contributed by atoms with Crippen LogP contribution in [0.15, 0.2) is 12.4 Å². The van der Waals surface area contributed by atoms with Crippen LogP contribution in [0.3, 0.4) is 0 Å². The molecule has 0 spiro atoms. The van der Waals surface area contributed by atoms with Crippen molar-refractivity contribution in [1.29, 1.82) is 0 Å². The van der Waals surface area contributed by atoms with Crippen LogP contribution in [0.5, 0.6) is 0 Å². The zero-order chi connectivity index (χ0) is 14.4. The SMILES string of the molecule is CCCNCC1CCCCN1S(=O)(=O)Nc1cn[nH]c1. The Labute approximate surface area is 120 Å².